The van der Waals surface area contributed by atoms with Gasteiger partial charge in [0, 0.05) is 0 Å². The van der Waals surface area contributed by atoms with E-state index in [2.05, 4.69) is 8.75 Å². The summed E-state index contributed by atoms with van der Waals surface area (Å²) >= 11 is 6.77. The van der Waals surface area contributed by atoms with Gasteiger partial charge in [-0.05, 0) is 24.6 Å². The number of aromatic nitrogens is 2. The van der Waals surface area contributed by atoms with E-state index in [-0.39, 0.29) is 0 Å². The van der Waals surface area contributed by atoms with Gasteiger partial charge in [-0.15, -0.1) is 4.37 Å². The van der Waals surface area contributed by atoms with Crippen molar-refractivity contribution < 1.29 is 4.74 Å². The van der Waals surface area contributed by atoms with E-state index in [4.69, 9.17) is 16.3 Å². The number of halogens is 1. The molecule has 1 heterocycles. The number of benzene rings is 1. The van der Waals surface area contributed by atoms with E-state index in [1.807, 2.05) is 31.2 Å². The minimum atomic E-state index is 0.302. The Labute approximate surface area is 90.6 Å². The lowest BCUT2D eigenvalue weighted by atomic mass is 10.2. The van der Waals surface area contributed by atoms with Gasteiger partial charge in [0.25, 0.3) is 5.88 Å². The Bertz CT molecular complexity index is 444. The van der Waals surface area contributed by atoms with Crippen LogP contribution in [0.2, 0.25) is 5.15 Å². The van der Waals surface area contributed by atoms with Gasteiger partial charge in [-0.3, -0.25) is 0 Å². The third kappa shape index (κ3) is 2.02. The minimum absolute atomic E-state index is 0.302. The summed E-state index contributed by atoms with van der Waals surface area (Å²) in [5.41, 5.74) is 1.13. The summed E-state index contributed by atoms with van der Waals surface area (Å²) in [5.74, 6) is 1.09. The maximum absolute atomic E-state index is 5.74. The van der Waals surface area contributed by atoms with Crippen LogP contribution in [0, 0.1) is 6.92 Å². The highest BCUT2D eigenvalue weighted by Gasteiger charge is 2.07. The van der Waals surface area contributed by atoms with Gasteiger partial charge in [-0.2, -0.15) is 4.37 Å². The van der Waals surface area contributed by atoms with Crippen molar-refractivity contribution in [2.75, 3.05) is 0 Å². The number of hydrogen-bond donors (Lipinski definition) is 0. The number of ether oxygens (including phenoxy) is 1. The first-order chi connectivity index (χ1) is 6.75. The second-order valence-electron chi connectivity index (χ2n) is 2.78. The molecule has 0 saturated carbocycles. The fraction of sp³-hybridized carbons (Fsp3) is 0.111. The summed E-state index contributed by atoms with van der Waals surface area (Å²) in [6.07, 6.45) is 0. The molecule has 2 rings (SSSR count). The fourth-order valence-corrected chi connectivity index (χ4v) is 1.63. The summed E-state index contributed by atoms with van der Waals surface area (Å²) in [4.78, 5) is 0. The Morgan fingerprint density at radius 3 is 2.86 bits per heavy atom. The summed E-state index contributed by atoms with van der Waals surface area (Å²) in [5, 5.41) is 0.302. The zero-order chi connectivity index (χ0) is 9.97. The van der Waals surface area contributed by atoms with Crippen LogP contribution in [-0.4, -0.2) is 8.75 Å². The molecule has 0 N–H and O–H groups in total. The third-order valence-corrected chi connectivity index (χ3v) is 2.48. The molecular formula is C9H7ClN2OS. The van der Waals surface area contributed by atoms with Crippen LogP contribution >= 0.6 is 23.3 Å². The molecule has 3 nitrogen and oxygen atoms in total. The third-order valence-electron chi connectivity index (χ3n) is 1.63. The second-order valence-corrected chi connectivity index (χ2v) is 3.67. The van der Waals surface area contributed by atoms with Crippen LogP contribution in [-0.2, 0) is 0 Å². The first-order valence-electron chi connectivity index (χ1n) is 3.98. The van der Waals surface area contributed by atoms with Crippen LogP contribution in [0.3, 0.4) is 0 Å². The molecule has 0 aliphatic heterocycles. The van der Waals surface area contributed by atoms with Crippen molar-refractivity contribution in [1.82, 2.24) is 8.75 Å². The predicted molar refractivity (Wildman–Crippen MR) is 56.2 cm³/mol. The van der Waals surface area contributed by atoms with Crippen molar-refractivity contribution in [2.45, 2.75) is 6.92 Å². The van der Waals surface area contributed by atoms with Gasteiger partial charge in [-0.25, -0.2) is 0 Å². The van der Waals surface area contributed by atoms with E-state index in [0.717, 1.165) is 23.0 Å². The molecule has 0 aliphatic rings. The molecule has 0 fully saturated rings. The Balaban J connectivity index is 2.23. The topological polar surface area (TPSA) is 35.0 Å². The quantitative estimate of drug-likeness (QED) is 0.788. The minimum Gasteiger partial charge on any atom is -0.436 e. The monoisotopic (exact) mass is 226 g/mol. The molecule has 0 unspecified atom stereocenters. The summed E-state index contributed by atoms with van der Waals surface area (Å²) in [7, 11) is 0. The van der Waals surface area contributed by atoms with Crippen molar-refractivity contribution in [2.24, 2.45) is 0 Å². The van der Waals surface area contributed by atoms with Gasteiger partial charge in [0.1, 0.15) is 5.75 Å². The van der Waals surface area contributed by atoms with E-state index < -0.39 is 0 Å². The molecule has 0 amide bonds. The summed E-state index contributed by atoms with van der Waals surface area (Å²) in [6.45, 7) is 1.99. The molecule has 0 aliphatic carbocycles. The molecule has 0 atom stereocenters. The fourth-order valence-electron chi connectivity index (χ4n) is 1.02. The van der Waals surface area contributed by atoms with Crippen molar-refractivity contribution in [3.05, 3.63) is 35.0 Å². The first-order valence-corrected chi connectivity index (χ1v) is 5.09. The average molecular weight is 227 g/mol. The SMILES string of the molecule is Cc1cccc(Oc2nsnc2Cl)c1. The Kier molecular flexibility index (Phi) is 2.65. The van der Waals surface area contributed by atoms with Gasteiger partial charge in [-0.1, -0.05) is 23.7 Å². The molecule has 2 aromatic rings. The zero-order valence-electron chi connectivity index (χ0n) is 7.40. The summed E-state index contributed by atoms with van der Waals surface area (Å²) < 4.78 is 13.2. The average Bonchev–Trinajstić information content (AvgIpc) is 2.52. The van der Waals surface area contributed by atoms with Gasteiger partial charge in [0.2, 0.25) is 5.15 Å². The van der Waals surface area contributed by atoms with Gasteiger partial charge in [0.05, 0.1) is 11.7 Å². The lowest BCUT2D eigenvalue weighted by molar-refractivity contribution is 0.467. The van der Waals surface area contributed by atoms with Gasteiger partial charge < -0.3 is 4.74 Å². The van der Waals surface area contributed by atoms with Crippen LogP contribution in [0.1, 0.15) is 5.56 Å². The molecule has 0 bridgehead atoms. The van der Waals surface area contributed by atoms with Gasteiger partial charge >= 0.3 is 0 Å². The second kappa shape index (κ2) is 3.94. The molecule has 1 aromatic carbocycles. The highest BCUT2D eigenvalue weighted by molar-refractivity contribution is 6.99. The first kappa shape index (κ1) is 9.43. The lowest BCUT2D eigenvalue weighted by Gasteiger charge is -2.02. The molecule has 1 aromatic heterocycles. The largest absolute Gasteiger partial charge is 0.436 e. The molecule has 0 saturated heterocycles. The van der Waals surface area contributed by atoms with E-state index in [1.165, 1.54) is 0 Å². The van der Waals surface area contributed by atoms with Crippen molar-refractivity contribution in [1.29, 1.82) is 0 Å². The highest BCUT2D eigenvalue weighted by atomic mass is 35.5. The number of aryl methyl sites for hydroxylation is 1. The number of rotatable bonds is 2. The maximum Gasteiger partial charge on any atom is 0.270 e. The maximum atomic E-state index is 5.74. The van der Waals surface area contributed by atoms with Crippen LogP contribution in [0.4, 0.5) is 0 Å². The van der Waals surface area contributed by atoms with E-state index in [1.54, 1.807) is 0 Å². The molecule has 72 valence electrons. The van der Waals surface area contributed by atoms with Crippen molar-refractivity contribution >= 4 is 23.3 Å². The molecular weight excluding hydrogens is 220 g/mol. The number of nitrogens with zero attached hydrogens (tertiary/aromatic N) is 2. The molecule has 14 heavy (non-hydrogen) atoms. The highest BCUT2D eigenvalue weighted by Crippen LogP contribution is 2.26. The van der Waals surface area contributed by atoms with Crippen LogP contribution < -0.4 is 4.74 Å². The van der Waals surface area contributed by atoms with Gasteiger partial charge in [0.15, 0.2) is 0 Å². The zero-order valence-corrected chi connectivity index (χ0v) is 8.97. The van der Waals surface area contributed by atoms with Crippen LogP contribution in [0.5, 0.6) is 11.6 Å². The molecule has 0 spiro atoms. The van der Waals surface area contributed by atoms with Crippen LogP contribution in [0.25, 0.3) is 0 Å². The van der Waals surface area contributed by atoms with E-state index >= 15 is 0 Å². The summed E-state index contributed by atoms with van der Waals surface area (Å²) in [6, 6.07) is 7.67. The van der Waals surface area contributed by atoms with Crippen LogP contribution in [0.15, 0.2) is 24.3 Å². The Morgan fingerprint density at radius 2 is 2.21 bits per heavy atom. The standard InChI is InChI=1S/C9H7ClN2OS/c1-6-3-2-4-7(5-6)13-9-8(10)11-14-12-9/h2-5H,1H3. The van der Waals surface area contributed by atoms with E-state index in [9.17, 15) is 0 Å². The Morgan fingerprint density at radius 1 is 1.36 bits per heavy atom. The smallest absolute Gasteiger partial charge is 0.270 e. The molecule has 5 heteroatoms. The normalized spacial score (nSPS) is 10.1. The van der Waals surface area contributed by atoms with Crippen molar-refractivity contribution in [3.8, 4) is 11.6 Å². The van der Waals surface area contributed by atoms with Crippen molar-refractivity contribution in [3.63, 3.8) is 0 Å². The number of hydrogen-bond acceptors (Lipinski definition) is 4. The predicted octanol–water partition coefficient (Wildman–Crippen LogP) is 3.29. The molecule has 0 radical (unpaired) electrons. The van der Waals surface area contributed by atoms with E-state index in [0.29, 0.717) is 11.0 Å². The lowest BCUT2D eigenvalue weighted by Crippen LogP contribution is -1.84. The Hall–Kier alpha value is -1.13.